The number of nitrogens with one attached hydrogen (secondary N) is 3. The van der Waals surface area contributed by atoms with Crippen LogP contribution in [0.3, 0.4) is 0 Å². The fourth-order valence-corrected chi connectivity index (χ4v) is 2.49. The van der Waals surface area contributed by atoms with Gasteiger partial charge >= 0.3 is 0 Å². The van der Waals surface area contributed by atoms with Crippen molar-refractivity contribution in [3.8, 4) is 5.69 Å². The third-order valence-corrected chi connectivity index (χ3v) is 3.79. The monoisotopic (exact) mass is 346 g/mol. The van der Waals surface area contributed by atoms with Crippen molar-refractivity contribution in [2.24, 2.45) is 0 Å². The van der Waals surface area contributed by atoms with Crippen molar-refractivity contribution in [1.29, 1.82) is 0 Å². The van der Waals surface area contributed by atoms with E-state index in [9.17, 15) is 4.79 Å². The molecule has 0 saturated carbocycles. The standard InChI is InChI=1S/C17H22N4O2S/c1-12-4-5-13(2)21(12)15-8-6-14(7-9-15)16(22)19-20-17(24)18-10-11-23-3/h4-9H,10-11H2,1-3H3,(H,19,22)(H2,18,20,24). The van der Waals surface area contributed by atoms with Crippen LogP contribution < -0.4 is 16.2 Å². The molecule has 1 heterocycles. The van der Waals surface area contributed by atoms with Gasteiger partial charge in [-0.25, -0.2) is 0 Å². The molecule has 3 N–H and O–H groups in total. The van der Waals surface area contributed by atoms with Crippen LogP contribution in [-0.2, 0) is 4.74 Å². The number of nitrogens with zero attached hydrogens (tertiary/aromatic N) is 1. The average molecular weight is 346 g/mol. The first kappa shape index (κ1) is 18.0. The van der Waals surface area contributed by atoms with Crippen LogP contribution in [0.1, 0.15) is 21.7 Å². The number of amides is 1. The molecular formula is C17H22N4O2S. The average Bonchev–Trinajstić information content (AvgIpc) is 2.92. The molecule has 128 valence electrons. The van der Waals surface area contributed by atoms with E-state index in [0.29, 0.717) is 23.8 Å². The zero-order valence-electron chi connectivity index (χ0n) is 14.1. The highest BCUT2D eigenvalue weighted by atomic mass is 32.1. The Kier molecular flexibility index (Phi) is 6.34. The first-order chi connectivity index (χ1) is 11.5. The second kappa shape index (κ2) is 8.47. The predicted molar refractivity (Wildman–Crippen MR) is 98.3 cm³/mol. The fourth-order valence-electron chi connectivity index (χ4n) is 2.33. The second-order valence-electron chi connectivity index (χ2n) is 5.33. The van der Waals surface area contributed by atoms with Gasteiger partial charge in [-0.2, -0.15) is 0 Å². The Morgan fingerprint density at radius 2 is 1.71 bits per heavy atom. The number of methoxy groups -OCH3 is 1. The third-order valence-electron chi connectivity index (χ3n) is 3.54. The predicted octanol–water partition coefficient (Wildman–Crippen LogP) is 1.85. The Balaban J connectivity index is 1.93. The number of ether oxygens (including phenoxy) is 1. The Morgan fingerprint density at radius 3 is 2.29 bits per heavy atom. The zero-order valence-corrected chi connectivity index (χ0v) is 14.9. The number of aryl methyl sites for hydroxylation is 2. The van der Waals surface area contributed by atoms with E-state index in [1.165, 1.54) is 0 Å². The first-order valence-electron chi connectivity index (χ1n) is 7.61. The zero-order chi connectivity index (χ0) is 17.5. The van der Waals surface area contributed by atoms with Crippen LogP contribution >= 0.6 is 12.2 Å². The fraction of sp³-hybridized carbons (Fsp3) is 0.294. The van der Waals surface area contributed by atoms with Gasteiger partial charge in [0.25, 0.3) is 5.91 Å². The van der Waals surface area contributed by atoms with Crippen LogP contribution in [0.5, 0.6) is 0 Å². The van der Waals surface area contributed by atoms with Crippen LogP contribution in [0.15, 0.2) is 36.4 Å². The molecule has 0 spiro atoms. The summed E-state index contributed by atoms with van der Waals surface area (Å²) < 4.78 is 7.04. The van der Waals surface area contributed by atoms with E-state index in [1.54, 1.807) is 19.2 Å². The second-order valence-corrected chi connectivity index (χ2v) is 5.73. The number of hydrogen-bond donors (Lipinski definition) is 3. The van der Waals surface area contributed by atoms with Crippen molar-refractivity contribution in [2.45, 2.75) is 13.8 Å². The molecule has 0 bridgehead atoms. The molecular weight excluding hydrogens is 324 g/mol. The lowest BCUT2D eigenvalue weighted by Crippen LogP contribution is -2.47. The van der Waals surface area contributed by atoms with Crippen molar-refractivity contribution in [1.82, 2.24) is 20.7 Å². The summed E-state index contributed by atoms with van der Waals surface area (Å²) in [6, 6.07) is 11.5. The molecule has 0 aliphatic carbocycles. The largest absolute Gasteiger partial charge is 0.383 e. The van der Waals surface area contributed by atoms with Crippen molar-refractivity contribution in [3.63, 3.8) is 0 Å². The normalized spacial score (nSPS) is 10.3. The molecule has 1 aromatic heterocycles. The van der Waals surface area contributed by atoms with Gasteiger partial charge < -0.3 is 14.6 Å². The van der Waals surface area contributed by atoms with Crippen LogP contribution in [0.2, 0.25) is 0 Å². The summed E-state index contributed by atoms with van der Waals surface area (Å²) >= 11 is 5.04. The quantitative estimate of drug-likeness (QED) is 0.438. The maximum atomic E-state index is 12.1. The highest BCUT2D eigenvalue weighted by Crippen LogP contribution is 2.16. The first-order valence-corrected chi connectivity index (χ1v) is 8.02. The number of rotatable bonds is 5. The molecule has 0 aliphatic heterocycles. The Morgan fingerprint density at radius 1 is 1.08 bits per heavy atom. The van der Waals surface area contributed by atoms with E-state index in [1.807, 2.05) is 12.1 Å². The number of aromatic nitrogens is 1. The van der Waals surface area contributed by atoms with Crippen molar-refractivity contribution in [3.05, 3.63) is 53.3 Å². The Labute approximate surface area is 147 Å². The molecule has 0 unspecified atom stereocenters. The van der Waals surface area contributed by atoms with Gasteiger partial charge in [0.15, 0.2) is 5.11 Å². The molecule has 7 heteroatoms. The molecule has 1 aromatic carbocycles. The summed E-state index contributed by atoms with van der Waals surface area (Å²) in [6.45, 7) is 5.21. The van der Waals surface area contributed by atoms with Crippen LogP contribution in [0, 0.1) is 13.8 Å². The molecule has 0 fully saturated rings. The highest BCUT2D eigenvalue weighted by molar-refractivity contribution is 7.80. The lowest BCUT2D eigenvalue weighted by molar-refractivity contribution is 0.0943. The van der Waals surface area contributed by atoms with E-state index in [4.69, 9.17) is 17.0 Å². The lowest BCUT2D eigenvalue weighted by Gasteiger charge is -2.12. The number of benzene rings is 1. The molecule has 0 saturated heterocycles. The molecule has 2 rings (SSSR count). The molecule has 24 heavy (non-hydrogen) atoms. The van der Waals surface area contributed by atoms with Gasteiger partial charge in [0.1, 0.15) is 0 Å². The summed E-state index contributed by atoms with van der Waals surface area (Å²) in [6.07, 6.45) is 0. The van der Waals surface area contributed by atoms with Gasteiger partial charge in [0, 0.05) is 36.3 Å². The van der Waals surface area contributed by atoms with E-state index >= 15 is 0 Å². The summed E-state index contributed by atoms with van der Waals surface area (Å²) in [5.41, 5.74) is 9.10. The van der Waals surface area contributed by atoms with Gasteiger partial charge in [-0.05, 0) is 62.5 Å². The van der Waals surface area contributed by atoms with Gasteiger partial charge in [0.2, 0.25) is 0 Å². The molecule has 6 nitrogen and oxygen atoms in total. The van der Waals surface area contributed by atoms with E-state index < -0.39 is 0 Å². The van der Waals surface area contributed by atoms with E-state index in [-0.39, 0.29) is 5.91 Å². The number of carbonyl (C=O) groups is 1. The molecule has 2 aromatic rings. The van der Waals surface area contributed by atoms with E-state index in [0.717, 1.165) is 17.1 Å². The number of thiocarbonyl (C=S) groups is 1. The summed E-state index contributed by atoms with van der Waals surface area (Å²) in [7, 11) is 1.61. The number of hydrogen-bond acceptors (Lipinski definition) is 3. The molecule has 0 atom stereocenters. The summed E-state index contributed by atoms with van der Waals surface area (Å²) in [5, 5.41) is 3.25. The van der Waals surface area contributed by atoms with Crippen molar-refractivity contribution >= 4 is 23.2 Å². The summed E-state index contributed by atoms with van der Waals surface area (Å²) in [4.78, 5) is 12.1. The number of carbonyl (C=O) groups excluding carboxylic acids is 1. The van der Waals surface area contributed by atoms with Crippen molar-refractivity contribution in [2.75, 3.05) is 20.3 Å². The highest BCUT2D eigenvalue weighted by Gasteiger charge is 2.08. The minimum absolute atomic E-state index is 0.251. The smallest absolute Gasteiger partial charge is 0.269 e. The maximum Gasteiger partial charge on any atom is 0.269 e. The lowest BCUT2D eigenvalue weighted by atomic mass is 10.2. The van der Waals surface area contributed by atoms with Gasteiger partial charge in [-0.1, -0.05) is 0 Å². The van der Waals surface area contributed by atoms with Crippen LogP contribution in [0.4, 0.5) is 0 Å². The van der Waals surface area contributed by atoms with Gasteiger partial charge in [-0.15, -0.1) is 0 Å². The minimum Gasteiger partial charge on any atom is -0.383 e. The third kappa shape index (κ3) is 4.56. The Bertz CT molecular complexity index is 690. The maximum absolute atomic E-state index is 12.1. The SMILES string of the molecule is COCCNC(=S)NNC(=O)c1ccc(-n2c(C)ccc2C)cc1. The molecule has 0 aliphatic rings. The van der Waals surface area contributed by atoms with Gasteiger partial charge in [-0.3, -0.25) is 15.6 Å². The molecule has 1 amide bonds. The minimum atomic E-state index is -0.251. The van der Waals surface area contributed by atoms with Crippen molar-refractivity contribution < 1.29 is 9.53 Å². The van der Waals surface area contributed by atoms with Crippen LogP contribution in [0.25, 0.3) is 5.69 Å². The summed E-state index contributed by atoms with van der Waals surface area (Å²) in [5.74, 6) is -0.251. The number of hydrazine groups is 1. The van der Waals surface area contributed by atoms with E-state index in [2.05, 4.69) is 46.7 Å². The molecule has 0 radical (unpaired) electrons. The topological polar surface area (TPSA) is 67.3 Å². The van der Waals surface area contributed by atoms with Crippen LogP contribution in [-0.4, -0.2) is 35.8 Å². The van der Waals surface area contributed by atoms with Gasteiger partial charge in [0.05, 0.1) is 6.61 Å². The Hall–Kier alpha value is -2.38.